The zero-order chi connectivity index (χ0) is 6.85. The standard InChI is InChI=1S/C3H2N2O4/c6-3(7)2-1-9-5(8)4-2/h1H,(H,6,7). The molecule has 0 fully saturated rings. The highest BCUT2D eigenvalue weighted by molar-refractivity contribution is 5.84. The molecule has 0 aliphatic heterocycles. The minimum Gasteiger partial charge on any atom is -0.476 e. The zero-order valence-corrected chi connectivity index (χ0v) is 4.14. The van der Waals surface area contributed by atoms with E-state index in [2.05, 4.69) is 9.62 Å². The van der Waals surface area contributed by atoms with Crippen LogP contribution >= 0.6 is 0 Å². The van der Waals surface area contributed by atoms with Gasteiger partial charge in [-0.05, 0) is 0 Å². The Morgan fingerprint density at radius 3 is 2.89 bits per heavy atom. The first-order chi connectivity index (χ1) is 4.20. The van der Waals surface area contributed by atoms with E-state index in [9.17, 15) is 10.0 Å². The summed E-state index contributed by atoms with van der Waals surface area (Å²) in [4.78, 5) is 9.94. The first kappa shape index (κ1) is 5.54. The molecule has 0 amide bonds. The number of hydrogen-bond donors (Lipinski definition) is 1. The third-order valence-corrected chi connectivity index (χ3v) is 0.663. The van der Waals surface area contributed by atoms with Crippen LogP contribution in [-0.4, -0.2) is 16.2 Å². The summed E-state index contributed by atoms with van der Waals surface area (Å²) in [5.41, 5.74) is -0.398. The third kappa shape index (κ3) is 0.958. The van der Waals surface area contributed by atoms with Crippen molar-refractivity contribution in [2.24, 2.45) is 0 Å². The largest absolute Gasteiger partial charge is 0.476 e. The molecule has 0 saturated carbocycles. The summed E-state index contributed by atoms with van der Waals surface area (Å²) < 4.78 is 3.99. The fourth-order valence-electron chi connectivity index (χ4n) is 0.323. The number of carboxylic acid groups (broad SMARTS) is 1. The smallest absolute Gasteiger partial charge is 0.361 e. The van der Waals surface area contributed by atoms with E-state index in [0.717, 1.165) is 6.26 Å². The minimum atomic E-state index is -1.28. The molecule has 0 aromatic carbocycles. The summed E-state index contributed by atoms with van der Waals surface area (Å²) in [6.45, 7) is 0. The van der Waals surface area contributed by atoms with E-state index in [0.29, 0.717) is 0 Å². The van der Waals surface area contributed by atoms with E-state index in [1.807, 2.05) is 0 Å². The van der Waals surface area contributed by atoms with E-state index >= 15 is 0 Å². The van der Waals surface area contributed by atoms with Gasteiger partial charge >= 0.3 is 5.97 Å². The van der Waals surface area contributed by atoms with E-state index in [1.54, 1.807) is 0 Å². The summed E-state index contributed by atoms with van der Waals surface area (Å²) >= 11 is 0. The molecule has 0 radical (unpaired) electrons. The average Bonchev–Trinajstić information content (AvgIpc) is 2.14. The molecule has 0 aliphatic rings. The molecule has 0 atom stereocenters. The molecule has 0 aliphatic carbocycles. The molecular weight excluding hydrogens is 128 g/mol. The molecule has 6 heteroatoms. The first-order valence-corrected chi connectivity index (χ1v) is 1.99. The number of aromatic carboxylic acids is 1. The van der Waals surface area contributed by atoms with Crippen LogP contribution < -0.4 is 5.02 Å². The van der Waals surface area contributed by atoms with Crippen LogP contribution in [-0.2, 0) is 0 Å². The van der Waals surface area contributed by atoms with Gasteiger partial charge in [0, 0.05) is 0 Å². The molecule has 1 N–H and O–H groups in total. The molecule has 0 saturated heterocycles. The summed E-state index contributed by atoms with van der Waals surface area (Å²) in [7, 11) is 0. The second-order valence-electron chi connectivity index (χ2n) is 1.25. The normalized spacial score (nSPS) is 9.33. The monoisotopic (exact) mass is 130 g/mol. The molecule has 1 aromatic heterocycles. The Balaban J connectivity index is 2.98. The predicted molar refractivity (Wildman–Crippen MR) is 22.4 cm³/mol. The van der Waals surface area contributed by atoms with Crippen molar-refractivity contribution in [2.45, 2.75) is 0 Å². The molecule has 1 heterocycles. The summed E-state index contributed by atoms with van der Waals surface area (Å²) in [5, 5.41) is 20.8. The van der Waals surface area contributed by atoms with Crippen LogP contribution in [0.15, 0.2) is 10.8 Å². The third-order valence-electron chi connectivity index (χ3n) is 0.663. The van der Waals surface area contributed by atoms with Crippen molar-refractivity contribution in [2.75, 3.05) is 0 Å². The SMILES string of the molecule is O=C(O)c1co[n+]([O-])n1. The number of nitrogens with zero attached hydrogens (tertiary/aromatic N) is 2. The molecule has 0 unspecified atom stereocenters. The van der Waals surface area contributed by atoms with Gasteiger partial charge in [-0.15, -0.1) is 0 Å². The van der Waals surface area contributed by atoms with Crippen molar-refractivity contribution < 1.29 is 19.4 Å². The number of carbonyl (C=O) groups is 1. The van der Waals surface area contributed by atoms with Crippen LogP contribution in [0, 0.1) is 5.21 Å². The fourth-order valence-corrected chi connectivity index (χ4v) is 0.323. The Labute approximate surface area is 48.9 Å². The lowest BCUT2D eigenvalue weighted by Gasteiger charge is -1.72. The number of aromatic nitrogens is 2. The maximum absolute atomic E-state index is 9.97. The second-order valence-corrected chi connectivity index (χ2v) is 1.25. The van der Waals surface area contributed by atoms with E-state index in [1.165, 1.54) is 0 Å². The lowest BCUT2D eigenvalue weighted by Crippen LogP contribution is -2.27. The van der Waals surface area contributed by atoms with Gasteiger partial charge in [0.25, 0.3) is 0 Å². The molecule has 0 bridgehead atoms. The van der Waals surface area contributed by atoms with E-state index < -0.39 is 11.7 Å². The highest BCUT2D eigenvalue weighted by Gasteiger charge is 2.09. The lowest BCUT2D eigenvalue weighted by molar-refractivity contribution is -0.840. The summed E-state index contributed by atoms with van der Waals surface area (Å²) in [5.74, 6) is -1.28. The molecular formula is C3H2N2O4. The van der Waals surface area contributed by atoms with Gasteiger partial charge in [0.1, 0.15) is 0 Å². The minimum absolute atomic E-state index is 0.177. The van der Waals surface area contributed by atoms with Crippen molar-refractivity contribution in [1.29, 1.82) is 0 Å². The lowest BCUT2D eigenvalue weighted by atomic mass is 10.5. The first-order valence-electron chi connectivity index (χ1n) is 1.99. The number of carboxylic acids is 1. The molecule has 1 rings (SSSR count). The van der Waals surface area contributed by atoms with Gasteiger partial charge in [-0.2, -0.15) is 0 Å². The van der Waals surface area contributed by atoms with Crippen LogP contribution in [0.3, 0.4) is 0 Å². The predicted octanol–water partition coefficient (Wildman–Crippen LogP) is -0.994. The number of rotatable bonds is 1. The second kappa shape index (κ2) is 1.73. The van der Waals surface area contributed by atoms with Crippen LogP contribution in [0.2, 0.25) is 0 Å². The van der Waals surface area contributed by atoms with Crippen molar-refractivity contribution >= 4 is 5.97 Å². The van der Waals surface area contributed by atoms with Crippen LogP contribution in [0.4, 0.5) is 0 Å². The molecule has 9 heavy (non-hydrogen) atoms. The topological polar surface area (TPSA) is 90.3 Å². The number of hydrogen-bond acceptors (Lipinski definition) is 4. The summed E-state index contributed by atoms with van der Waals surface area (Å²) in [6.07, 6.45) is 0.759. The van der Waals surface area contributed by atoms with Crippen LogP contribution in [0.1, 0.15) is 10.5 Å². The Kier molecular flexibility index (Phi) is 1.07. The van der Waals surface area contributed by atoms with Crippen molar-refractivity contribution in [3.8, 4) is 0 Å². The highest BCUT2D eigenvalue weighted by atomic mass is 16.7. The van der Waals surface area contributed by atoms with E-state index in [-0.39, 0.29) is 5.02 Å². The average molecular weight is 130 g/mol. The van der Waals surface area contributed by atoms with Crippen LogP contribution in [0.5, 0.6) is 0 Å². The van der Waals surface area contributed by atoms with Crippen molar-refractivity contribution in [3.63, 3.8) is 0 Å². The Bertz CT molecular complexity index is 229. The van der Waals surface area contributed by atoms with Gasteiger partial charge in [-0.3, -0.25) is 0 Å². The van der Waals surface area contributed by atoms with Gasteiger partial charge < -0.3 is 9.63 Å². The van der Waals surface area contributed by atoms with Gasteiger partial charge in [-0.25, -0.2) is 10.0 Å². The van der Waals surface area contributed by atoms with E-state index in [4.69, 9.17) is 5.11 Å². The van der Waals surface area contributed by atoms with Gasteiger partial charge in [-0.1, -0.05) is 0 Å². The van der Waals surface area contributed by atoms with Gasteiger partial charge in [0.2, 0.25) is 5.69 Å². The Morgan fingerprint density at radius 2 is 2.67 bits per heavy atom. The molecule has 48 valence electrons. The van der Waals surface area contributed by atoms with Gasteiger partial charge in [0.05, 0.1) is 11.4 Å². The Hall–Kier alpha value is -1.59. The van der Waals surface area contributed by atoms with Crippen LogP contribution in [0.25, 0.3) is 0 Å². The molecule has 0 spiro atoms. The Morgan fingerprint density at radius 1 is 2.00 bits per heavy atom. The van der Waals surface area contributed by atoms with Crippen molar-refractivity contribution in [3.05, 3.63) is 17.2 Å². The zero-order valence-electron chi connectivity index (χ0n) is 4.14. The maximum Gasteiger partial charge on any atom is 0.361 e. The highest BCUT2D eigenvalue weighted by Crippen LogP contribution is 1.86. The molecule has 6 nitrogen and oxygen atoms in total. The summed E-state index contributed by atoms with van der Waals surface area (Å²) in [6, 6.07) is 0. The maximum atomic E-state index is 9.97. The fraction of sp³-hybridized carbons (Fsp3) is 0. The van der Waals surface area contributed by atoms with Gasteiger partial charge in [0.15, 0.2) is 5.02 Å². The van der Waals surface area contributed by atoms with Crippen molar-refractivity contribution in [1.82, 2.24) is 5.10 Å². The quantitative estimate of drug-likeness (QED) is 0.492. The molecule has 1 aromatic rings.